The van der Waals surface area contributed by atoms with Gasteiger partial charge in [0.2, 0.25) is 0 Å². The van der Waals surface area contributed by atoms with Crippen molar-refractivity contribution in [3.63, 3.8) is 0 Å². The number of aromatic nitrogens is 2. The lowest BCUT2D eigenvalue weighted by Crippen LogP contribution is -2.25. The van der Waals surface area contributed by atoms with Crippen LogP contribution < -0.4 is 5.32 Å². The minimum Gasteiger partial charge on any atom is -0.309 e. The minimum atomic E-state index is 0.547. The molecule has 0 aliphatic rings. The van der Waals surface area contributed by atoms with E-state index < -0.39 is 0 Å². The summed E-state index contributed by atoms with van der Waals surface area (Å²) in [5.74, 6) is 0.804. The molecule has 2 aromatic rings. The third-order valence-corrected chi connectivity index (χ3v) is 3.72. The minimum absolute atomic E-state index is 0.547. The highest BCUT2D eigenvalue weighted by atomic mass is 15.3. The topological polar surface area (TPSA) is 29.9 Å². The number of rotatable bonds is 8. The van der Waals surface area contributed by atoms with Crippen LogP contribution in [0.15, 0.2) is 42.6 Å². The maximum atomic E-state index is 4.62. The lowest BCUT2D eigenvalue weighted by molar-refractivity contribution is 0.454. The Labute approximate surface area is 128 Å². The average molecular weight is 285 g/mol. The molecule has 2 rings (SSSR count). The summed E-state index contributed by atoms with van der Waals surface area (Å²) in [4.78, 5) is 0. The van der Waals surface area contributed by atoms with Gasteiger partial charge in [0.25, 0.3) is 0 Å². The first kappa shape index (κ1) is 15.8. The molecule has 1 atom stereocenters. The summed E-state index contributed by atoms with van der Waals surface area (Å²) in [7, 11) is 0. The van der Waals surface area contributed by atoms with E-state index in [0.29, 0.717) is 6.04 Å². The Hall–Kier alpha value is -1.61. The molecule has 0 bridgehead atoms. The van der Waals surface area contributed by atoms with Crippen LogP contribution in [-0.4, -0.2) is 15.8 Å². The van der Waals surface area contributed by atoms with Crippen LogP contribution in [0.3, 0.4) is 0 Å². The molecule has 0 fully saturated rings. The SMILES string of the molecule is CC(C)CCCC(C)NCc1ccn(-c2ccccc2)n1. The fourth-order valence-corrected chi connectivity index (χ4v) is 2.39. The highest BCUT2D eigenvalue weighted by Gasteiger charge is 2.05. The molecule has 3 heteroatoms. The molecule has 0 amide bonds. The van der Waals surface area contributed by atoms with Gasteiger partial charge in [-0.3, -0.25) is 0 Å². The second kappa shape index (κ2) is 7.99. The molecule has 1 N–H and O–H groups in total. The number of para-hydroxylation sites is 1. The largest absolute Gasteiger partial charge is 0.309 e. The van der Waals surface area contributed by atoms with E-state index in [1.54, 1.807) is 0 Å². The van der Waals surface area contributed by atoms with Crippen molar-refractivity contribution in [2.75, 3.05) is 0 Å². The van der Waals surface area contributed by atoms with Gasteiger partial charge < -0.3 is 5.32 Å². The van der Waals surface area contributed by atoms with Crippen molar-refractivity contribution in [2.24, 2.45) is 5.92 Å². The van der Waals surface area contributed by atoms with Gasteiger partial charge in [0.1, 0.15) is 0 Å². The summed E-state index contributed by atoms with van der Waals surface area (Å²) in [6.45, 7) is 7.67. The lowest BCUT2D eigenvalue weighted by atomic mass is 10.0. The zero-order chi connectivity index (χ0) is 15.1. The Kier molecular flexibility index (Phi) is 6.00. The Balaban J connectivity index is 1.78. The summed E-state index contributed by atoms with van der Waals surface area (Å²) in [6, 6.07) is 12.9. The molecular formula is C18H27N3. The molecule has 0 aliphatic heterocycles. The predicted octanol–water partition coefficient (Wildman–Crippen LogP) is 4.18. The van der Waals surface area contributed by atoms with Crippen molar-refractivity contribution in [2.45, 2.75) is 52.6 Å². The third kappa shape index (κ3) is 5.35. The van der Waals surface area contributed by atoms with Crippen LogP contribution in [0.2, 0.25) is 0 Å². The maximum absolute atomic E-state index is 4.62. The van der Waals surface area contributed by atoms with Crippen LogP contribution in [-0.2, 0) is 6.54 Å². The van der Waals surface area contributed by atoms with Crippen LogP contribution >= 0.6 is 0 Å². The molecule has 0 saturated carbocycles. The Morgan fingerprint density at radius 2 is 1.81 bits per heavy atom. The van der Waals surface area contributed by atoms with E-state index in [4.69, 9.17) is 0 Å². The Bertz CT molecular complexity index is 516. The second-order valence-electron chi connectivity index (χ2n) is 6.19. The van der Waals surface area contributed by atoms with E-state index in [1.807, 2.05) is 29.1 Å². The van der Waals surface area contributed by atoms with Gasteiger partial charge in [-0.25, -0.2) is 4.68 Å². The maximum Gasteiger partial charge on any atom is 0.0766 e. The average Bonchev–Trinajstić information content (AvgIpc) is 2.94. The molecule has 1 unspecified atom stereocenters. The molecular weight excluding hydrogens is 258 g/mol. The van der Waals surface area contributed by atoms with Crippen LogP contribution in [0.5, 0.6) is 0 Å². The molecule has 0 spiro atoms. The van der Waals surface area contributed by atoms with Crippen molar-refractivity contribution in [3.05, 3.63) is 48.3 Å². The lowest BCUT2D eigenvalue weighted by Gasteiger charge is -2.13. The first-order valence-electron chi connectivity index (χ1n) is 7.98. The molecule has 0 saturated heterocycles. The number of hydrogen-bond donors (Lipinski definition) is 1. The van der Waals surface area contributed by atoms with Crippen molar-refractivity contribution >= 4 is 0 Å². The predicted molar refractivity (Wildman–Crippen MR) is 88.6 cm³/mol. The highest BCUT2D eigenvalue weighted by Crippen LogP contribution is 2.09. The van der Waals surface area contributed by atoms with Crippen LogP contribution in [0.1, 0.15) is 45.7 Å². The molecule has 0 radical (unpaired) electrons. The van der Waals surface area contributed by atoms with Crippen LogP contribution in [0.25, 0.3) is 5.69 Å². The first-order chi connectivity index (χ1) is 10.1. The van der Waals surface area contributed by atoms with E-state index in [2.05, 4.69) is 49.4 Å². The zero-order valence-electron chi connectivity index (χ0n) is 13.4. The summed E-state index contributed by atoms with van der Waals surface area (Å²) in [5, 5.41) is 8.18. The fourth-order valence-electron chi connectivity index (χ4n) is 2.39. The van der Waals surface area contributed by atoms with E-state index >= 15 is 0 Å². The van der Waals surface area contributed by atoms with Gasteiger partial charge in [0, 0.05) is 18.8 Å². The fraction of sp³-hybridized carbons (Fsp3) is 0.500. The molecule has 1 heterocycles. The van der Waals surface area contributed by atoms with Crippen molar-refractivity contribution < 1.29 is 0 Å². The first-order valence-corrected chi connectivity index (χ1v) is 7.98. The summed E-state index contributed by atoms with van der Waals surface area (Å²) in [5.41, 5.74) is 2.20. The zero-order valence-corrected chi connectivity index (χ0v) is 13.4. The number of nitrogens with zero attached hydrogens (tertiary/aromatic N) is 2. The van der Waals surface area contributed by atoms with E-state index in [1.165, 1.54) is 19.3 Å². The number of nitrogens with one attached hydrogen (secondary N) is 1. The molecule has 0 aliphatic carbocycles. The van der Waals surface area contributed by atoms with Crippen LogP contribution in [0, 0.1) is 5.92 Å². The summed E-state index contributed by atoms with van der Waals surface area (Å²) in [6.07, 6.45) is 5.87. The molecule has 21 heavy (non-hydrogen) atoms. The molecule has 114 valence electrons. The van der Waals surface area contributed by atoms with Gasteiger partial charge in [0.05, 0.1) is 11.4 Å². The van der Waals surface area contributed by atoms with Crippen molar-refractivity contribution in [3.8, 4) is 5.69 Å². The van der Waals surface area contributed by atoms with Crippen molar-refractivity contribution in [1.29, 1.82) is 0 Å². The highest BCUT2D eigenvalue weighted by molar-refractivity contribution is 5.30. The molecule has 1 aromatic carbocycles. The quantitative estimate of drug-likeness (QED) is 0.788. The number of hydrogen-bond acceptors (Lipinski definition) is 2. The summed E-state index contributed by atoms with van der Waals surface area (Å²) < 4.78 is 1.93. The molecule has 3 nitrogen and oxygen atoms in total. The van der Waals surface area contributed by atoms with Gasteiger partial charge >= 0.3 is 0 Å². The smallest absolute Gasteiger partial charge is 0.0766 e. The normalized spacial score (nSPS) is 12.8. The van der Waals surface area contributed by atoms with Gasteiger partial charge in [-0.05, 0) is 37.5 Å². The van der Waals surface area contributed by atoms with E-state index in [0.717, 1.165) is 23.8 Å². The molecule has 1 aromatic heterocycles. The van der Waals surface area contributed by atoms with Gasteiger partial charge in [-0.1, -0.05) is 44.9 Å². The standard InChI is InChI=1S/C18H27N3/c1-15(2)8-7-9-16(3)19-14-17-12-13-21(20-17)18-10-5-4-6-11-18/h4-6,10-13,15-16,19H,7-9,14H2,1-3H3. The summed E-state index contributed by atoms with van der Waals surface area (Å²) >= 11 is 0. The van der Waals surface area contributed by atoms with Crippen LogP contribution in [0.4, 0.5) is 0 Å². The van der Waals surface area contributed by atoms with Crippen molar-refractivity contribution in [1.82, 2.24) is 15.1 Å². The number of benzene rings is 1. The van der Waals surface area contributed by atoms with Gasteiger partial charge in [-0.15, -0.1) is 0 Å². The second-order valence-corrected chi connectivity index (χ2v) is 6.19. The van der Waals surface area contributed by atoms with Gasteiger partial charge in [0.15, 0.2) is 0 Å². The monoisotopic (exact) mass is 285 g/mol. The Morgan fingerprint density at radius 3 is 2.52 bits per heavy atom. The van der Waals surface area contributed by atoms with Gasteiger partial charge in [-0.2, -0.15) is 5.10 Å². The van der Waals surface area contributed by atoms with E-state index in [-0.39, 0.29) is 0 Å². The Morgan fingerprint density at radius 1 is 1.05 bits per heavy atom. The third-order valence-electron chi connectivity index (χ3n) is 3.72. The van der Waals surface area contributed by atoms with E-state index in [9.17, 15) is 0 Å².